The summed E-state index contributed by atoms with van der Waals surface area (Å²) >= 11 is 9.63. The summed E-state index contributed by atoms with van der Waals surface area (Å²) in [5.74, 6) is 1.15. The minimum Gasteiger partial charge on any atom is -0.497 e. The minimum atomic E-state index is -3.94. The van der Waals surface area contributed by atoms with E-state index in [2.05, 4.69) is 15.9 Å². The fourth-order valence-corrected chi connectivity index (χ4v) is 5.17. The Morgan fingerprint density at radius 3 is 2.17 bits per heavy atom. The van der Waals surface area contributed by atoms with Crippen LogP contribution < -0.4 is 13.8 Å². The van der Waals surface area contributed by atoms with Crippen molar-refractivity contribution in [2.24, 2.45) is 0 Å². The van der Waals surface area contributed by atoms with Gasteiger partial charge in [-0.3, -0.25) is 4.31 Å². The second kappa shape index (κ2) is 9.07. The Balaban J connectivity index is 2.14. The number of benzene rings is 3. The maximum Gasteiger partial charge on any atom is 0.266 e. The van der Waals surface area contributed by atoms with Gasteiger partial charge in [0, 0.05) is 10.5 Å². The SMILES string of the molecule is COc1cc(CN(c2cccc(Br)c2)S(=O)(=O)c2ccccc2Cl)cc(OC)c1. The molecule has 0 aliphatic carbocycles. The van der Waals surface area contributed by atoms with Gasteiger partial charge in [0.2, 0.25) is 0 Å². The fourth-order valence-electron chi connectivity index (χ4n) is 2.84. The molecule has 152 valence electrons. The van der Waals surface area contributed by atoms with Crippen LogP contribution in [0.2, 0.25) is 5.02 Å². The van der Waals surface area contributed by atoms with Crippen LogP contribution in [0.5, 0.6) is 11.5 Å². The molecule has 5 nitrogen and oxygen atoms in total. The van der Waals surface area contributed by atoms with Crippen LogP contribution in [0, 0.1) is 0 Å². The van der Waals surface area contributed by atoms with Crippen molar-refractivity contribution in [2.45, 2.75) is 11.4 Å². The number of halogens is 2. The highest BCUT2D eigenvalue weighted by Crippen LogP contribution is 2.32. The quantitative estimate of drug-likeness (QED) is 0.432. The van der Waals surface area contributed by atoms with Crippen molar-refractivity contribution < 1.29 is 17.9 Å². The molecule has 0 aromatic heterocycles. The van der Waals surface area contributed by atoms with Crippen molar-refractivity contribution in [3.63, 3.8) is 0 Å². The van der Waals surface area contributed by atoms with E-state index in [0.717, 1.165) is 4.47 Å². The maximum absolute atomic E-state index is 13.5. The third kappa shape index (κ3) is 4.86. The molecule has 0 bridgehead atoms. The summed E-state index contributed by atoms with van der Waals surface area (Å²) in [5.41, 5.74) is 1.21. The van der Waals surface area contributed by atoms with Gasteiger partial charge in [0.15, 0.2) is 0 Å². The summed E-state index contributed by atoms with van der Waals surface area (Å²) in [5, 5.41) is 0.163. The molecule has 0 amide bonds. The van der Waals surface area contributed by atoms with Crippen LogP contribution in [0.1, 0.15) is 5.56 Å². The van der Waals surface area contributed by atoms with Crippen molar-refractivity contribution in [3.05, 3.63) is 81.8 Å². The average molecular weight is 497 g/mol. The van der Waals surface area contributed by atoms with Crippen molar-refractivity contribution in [2.75, 3.05) is 18.5 Å². The first-order chi connectivity index (χ1) is 13.8. The van der Waals surface area contributed by atoms with Gasteiger partial charge in [-0.2, -0.15) is 0 Å². The van der Waals surface area contributed by atoms with Gasteiger partial charge in [-0.1, -0.05) is 45.7 Å². The lowest BCUT2D eigenvalue weighted by Gasteiger charge is -2.25. The lowest BCUT2D eigenvalue weighted by molar-refractivity contribution is 0.393. The highest BCUT2D eigenvalue weighted by atomic mass is 79.9. The van der Waals surface area contributed by atoms with Crippen molar-refractivity contribution >= 4 is 43.2 Å². The lowest BCUT2D eigenvalue weighted by atomic mass is 10.2. The molecule has 0 fully saturated rings. The summed E-state index contributed by atoms with van der Waals surface area (Å²) in [6, 6.07) is 18.8. The first kappa shape index (κ1) is 21.5. The van der Waals surface area contributed by atoms with Gasteiger partial charge >= 0.3 is 0 Å². The zero-order chi connectivity index (χ0) is 21.0. The largest absolute Gasteiger partial charge is 0.497 e. The van der Waals surface area contributed by atoms with Gasteiger partial charge in [-0.15, -0.1) is 0 Å². The van der Waals surface area contributed by atoms with E-state index in [4.69, 9.17) is 21.1 Å². The molecule has 0 heterocycles. The highest BCUT2D eigenvalue weighted by molar-refractivity contribution is 9.10. The number of nitrogens with zero attached hydrogens (tertiary/aromatic N) is 1. The normalized spacial score (nSPS) is 11.2. The van der Waals surface area contributed by atoms with Crippen LogP contribution in [0.3, 0.4) is 0 Å². The second-order valence-corrected chi connectivity index (χ2v) is 9.30. The zero-order valence-electron chi connectivity index (χ0n) is 15.8. The molecule has 0 N–H and O–H groups in total. The van der Waals surface area contributed by atoms with Gasteiger partial charge in [0.05, 0.1) is 31.5 Å². The lowest BCUT2D eigenvalue weighted by Crippen LogP contribution is -2.30. The van der Waals surface area contributed by atoms with Crippen molar-refractivity contribution in [3.8, 4) is 11.5 Å². The van der Waals surface area contributed by atoms with Gasteiger partial charge < -0.3 is 9.47 Å². The van der Waals surface area contributed by atoms with Crippen molar-refractivity contribution in [1.29, 1.82) is 0 Å². The van der Waals surface area contributed by atoms with E-state index in [1.807, 2.05) is 6.07 Å². The number of ether oxygens (including phenoxy) is 2. The Labute approximate surface area is 184 Å². The molecule has 0 aliphatic rings. The molecule has 8 heteroatoms. The first-order valence-corrected chi connectivity index (χ1v) is 11.2. The summed E-state index contributed by atoms with van der Waals surface area (Å²) in [4.78, 5) is 0.0384. The Morgan fingerprint density at radius 1 is 0.931 bits per heavy atom. The van der Waals surface area contributed by atoms with Gasteiger partial charge in [0.1, 0.15) is 16.4 Å². The average Bonchev–Trinajstić information content (AvgIpc) is 2.71. The predicted octanol–water partition coefficient (Wildman–Crippen LogP) is 5.52. The molecule has 3 aromatic rings. The molecule has 0 unspecified atom stereocenters. The number of rotatable bonds is 7. The fraction of sp³-hybridized carbons (Fsp3) is 0.143. The van der Waals surface area contributed by atoms with E-state index in [0.29, 0.717) is 22.7 Å². The van der Waals surface area contributed by atoms with Crippen molar-refractivity contribution in [1.82, 2.24) is 0 Å². The van der Waals surface area contributed by atoms with E-state index >= 15 is 0 Å². The van der Waals surface area contributed by atoms with Crippen LogP contribution in [-0.4, -0.2) is 22.6 Å². The molecule has 0 saturated heterocycles. The Morgan fingerprint density at radius 2 is 1.59 bits per heavy atom. The molecule has 3 rings (SSSR count). The molecular formula is C21H19BrClNO4S. The molecular weight excluding hydrogens is 478 g/mol. The van der Waals surface area contributed by atoms with Gasteiger partial charge in [0.25, 0.3) is 10.0 Å². The topological polar surface area (TPSA) is 55.8 Å². The van der Waals surface area contributed by atoms with E-state index < -0.39 is 10.0 Å². The molecule has 3 aromatic carbocycles. The van der Waals surface area contributed by atoms with E-state index in [1.54, 1.807) is 68.8 Å². The van der Waals surface area contributed by atoms with Crippen LogP contribution >= 0.6 is 27.5 Å². The summed E-state index contributed by atoms with van der Waals surface area (Å²) in [6.45, 7) is 0.0670. The second-order valence-electron chi connectivity index (χ2n) is 6.14. The van der Waals surface area contributed by atoms with Crippen LogP contribution in [0.15, 0.2) is 76.1 Å². The molecule has 0 atom stereocenters. The van der Waals surface area contributed by atoms with Crippen LogP contribution in [0.25, 0.3) is 0 Å². The number of anilines is 1. The zero-order valence-corrected chi connectivity index (χ0v) is 19.0. The molecule has 0 radical (unpaired) electrons. The minimum absolute atomic E-state index is 0.0384. The molecule has 0 saturated carbocycles. The Bertz CT molecular complexity index is 1100. The predicted molar refractivity (Wildman–Crippen MR) is 119 cm³/mol. The van der Waals surface area contributed by atoms with Gasteiger partial charge in [-0.05, 0) is 48.0 Å². The Hall–Kier alpha value is -2.22. The Kier molecular flexibility index (Phi) is 6.72. The maximum atomic E-state index is 13.5. The molecule has 0 aliphatic heterocycles. The van der Waals surface area contributed by atoms with Gasteiger partial charge in [-0.25, -0.2) is 8.42 Å². The molecule has 0 spiro atoms. The standard InChI is InChI=1S/C21H19BrClNO4S/c1-27-18-10-15(11-19(13-18)28-2)14-24(17-7-5-6-16(22)12-17)29(25,26)21-9-4-3-8-20(21)23/h3-13H,14H2,1-2H3. The monoisotopic (exact) mass is 495 g/mol. The summed E-state index contributed by atoms with van der Waals surface area (Å²) < 4.78 is 39.8. The first-order valence-electron chi connectivity index (χ1n) is 8.60. The summed E-state index contributed by atoms with van der Waals surface area (Å²) in [7, 11) is -0.846. The van der Waals surface area contributed by atoms with Crippen LogP contribution in [-0.2, 0) is 16.6 Å². The number of methoxy groups -OCH3 is 2. The third-order valence-corrected chi connectivity index (χ3v) is 7.01. The number of hydrogen-bond donors (Lipinski definition) is 0. The third-order valence-electron chi connectivity index (χ3n) is 4.24. The van der Waals surface area contributed by atoms with E-state index in [-0.39, 0.29) is 16.5 Å². The van der Waals surface area contributed by atoms with Crippen LogP contribution in [0.4, 0.5) is 5.69 Å². The smallest absolute Gasteiger partial charge is 0.266 e. The van der Waals surface area contributed by atoms with E-state index in [1.165, 1.54) is 10.4 Å². The summed E-state index contributed by atoms with van der Waals surface area (Å²) in [6.07, 6.45) is 0. The number of sulfonamides is 1. The van der Waals surface area contributed by atoms with E-state index in [9.17, 15) is 8.42 Å². The number of hydrogen-bond acceptors (Lipinski definition) is 4. The molecule has 29 heavy (non-hydrogen) atoms. The highest BCUT2D eigenvalue weighted by Gasteiger charge is 2.27.